The van der Waals surface area contributed by atoms with Crippen LogP contribution < -0.4 is 0 Å². The zero-order valence-electron chi connectivity index (χ0n) is 10.7. The highest BCUT2D eigenvalue weighted by Gasteiger charge is 2.31. The van der Waals surface area contributed by atoms with Crippen LogP contribution in [0.5, 0.6) is 0 Å². The van der Waals surface area contributed by atoms with Crippen molar-refractivity contribution in [2.45, 2.75) is 25.0 Å². The van der Waals surface area contributed by atoms with Crippen LogP contribution >= 0.6 is 42.1 Å². The predicted molar refractivity (Wildman–Crippen MR) is 85.1 cm³/mol. The number of thiol groups is 1. The van der Waals surface area contributed by atoms with E-state index in [1.807, 2.05) is 6.92 Å². The number of rotatable bonds is 11. The van der Waals surface area contributed by atoms with E-state index in [9.17, 15) is 4.79 Å². The Kier molecular flexibility index (Phi) is 11.9. The monoisotopic (exact) mass is 348 g/mol. The van der Waals surface area contributed by atoms with E-state index < -0.39 is 31.2 Å². The molecule has 0 aliphatic heterocycles. The van der Waals surface area contributed by atoms with E-state index in [-0.39, 0.29) is 11.9 Å². The Labute approximate surface area is 129 Å². The molecule has 0 aromatic heterocycles. The van der Waals surface area contributed by atoms with Gasteiger partial charge in [0.05, 0.1) is 25.2 Å². The van der Waals surface area contributed by atoms with Crippen molar-refractivity contribution >= 4 is 48.1 Å². The minimum absolute atomic E-state index is 0.200. The molecular weight excluding hydrogens is 328 g/mol. The quantitative estimate of drug-likeness (QED) is 0.254. The van der Waals surface area contributed by atoms with Gasteiger partial charge < -0.3 is 20.1 Å². The van der Waals surface area contributed by atoms with Gasteiger partial charge in [0.1, 0.15) is 11.9 Å². The maximum absolute atomic E-state index is 11.9. The van der Waals surface area contributed by atoms with Gasteiger partial charge in [-0.25, -0.2) is 0 Å². The highest BCUT2D eigenvalue weighted by molar-refractivity contribution is 9.24. The molecule has 1 atom stereocenters. The van der Waals surface area contributed by atoms with Crippen molar-refractivity contribution in [2.75, 3.05) is 26.4 Å². The van der Waals surface area contributed by atoms with Gasteiger partial charge in [-0.3, -0.25) is 4.79 Å². The molecule has 0 rings (SSSR count). The molecule has 19 heavy (non-hydrogen) atoms. The van der Waals surface area contributed by atoms with Gasteiger partial charge in [0.25, 0.3) is 0 Å². The standard InChI is InChI=1S/C10H20O5S4/c1-2-3-8(17-19-18-16)9(14)15-7-10(4-11,5-12)6-13/h8,11-13,16H,2-7H2,1H3. The largest absolute Gasteiger partial charge is 0.464 e. The SMILES string of the molecule is CCCC(SSSS)C(=O)OCC(CO)(CO)CO. The first kappa shape index (κ1) is 19.8. The molecule has 0 bridgehead atoms. The number of carbonyl (C=O) groups is 1. The van der Waals surface area contributed by atoms with Gasteiger partial charge in [-0.1, -0.05) is 35.8 Å². The van der Waals surface area contributed by atoms with Gasteiger partial charge in [-0.2, -0.15) is 0 Å². The van der Waals surface area contributed by atoms with Crippen LogP contribution in [0.25, 0.3) is 0 Å². The first-order valence-electron chi connectivity index (χ1n) is 5.72. The van der Waals surface area contributed by atoms with Crippen LogP contribution in [0, 0.1) is 5.41 Å². The zero-order valence-corrected chi connectivity index (χ0v) is 14.0. The molecule has 0 fully saturated rings. The number of aliphatic hydroxyl groups is 3. The molecule has 0 radical (unpaired) electrons. The van der Waals surface area contributed by atoms with Gasteiger partial charge in [-0.05, 0) is 26.1 Å². The van der Waals surface area contributed by atoms with Crippen molar-refractivity contribution in [3.63, 3.8) is 0 Å². The summed E-state index contributed by atoms with van der Waals surface area (Å²) in [6.45, 7) is 0.438. The van der Waals surface area contributed by atoms with Crippen molar-refractivity contribution in [1.29, 1.82) is 0 Å². The zero-order chi connectivity index (χ0) is 14.7. The molecule has 0 aromatic carbocycles. The Morgan fingerprint density at radius 2 is 1.89 bits per heavy atom. The van der Waals surface area contributed by atoms with Crippen LogP contribution in [0.2, 0.25) is 0 Å². The summed E-state index contributed by atoms with van der Waals surface area (Å²) in [6.07, 6.45) is 1.52. The Morgan fingerprint density at radius 1 is 1.32 bits per heavy atom. The first-order valence-corrected chi connectivity index (χ1v) is 10.3. The Hall–Kier alpha value is 0.750. The summed E-state index contributed by atoms with van der Waals surface area (Å²) in [7, 11) is 4.01. The molecule has 0 saturated carbocycles. The minimum atomic E-state index is -1.18. The molecule has 114 valence electrons. The van der Waals surface area contributed by atoms with Gasteiger partial charge in [0.15, 0.2) is 0 Å². The van der Waals surface area contributed by atoms with E-state index >= 15 is 0 Å². The maximum Gasteiger partial charge on any atom is 0.319 e. The van der Waals surface area contributed by atoms with Crippen molar-refractivity contribution in [3.8, 4) is 0 Å². The number of hydrogen-bond acceptors (Lipinski definition) is 9. The molecule has 0 spiro atoms. The first-order chi connectivity index (χ1) is 9.09. The lowest BCUT2D eigenvalue weighted by atomic mass is 9.93. The van der Waals surface area contributed by atoms with E-state index in [1.54, 1.807) is 0 Å². The topological polar surface area (TPSA) is 87.0 Å². The summed E-state index contributed by atoms with van der Waals surface area (Å²) < 4.78 is 5.10. The van der Waals surface area contributed by atoms with Crippen molar-refractivity contribution in [2.24, 2.45) is 5.41 Å². The molecule has 0 saturated heterocycles. The Balaban J connectivity index is 4.37. The third-order valence-corrected chi connectivity index (χ3v) is 7.34. The van der Waals surface area contributed by atoms with Crippen molar-refractivity contribution in [3.05, 3.63) is 0 Å². The second-order valence-corrected chi connectivity index (χ2v) is 9.14. The van der Waals surface area contributed by atoms with Gasteiger partial charge in [-0.15, -0.1) is 0 Å². The summed E-state index contributed by atoms with van der Waals surface area (Å²) in [5.74, 6) is -0.401. The van der Waals surface area contributed by atoms with Crippen LogP contribution in [0.4, 0.5) is 0 Å². The van der Waals surface area contributed by atoms with E-state index in [1.165, 1.54) is 30.4 Å². The highest BCUT2D eigenvalue weighted by Crippen LogP contribution is 2.41. The third-order valence-electron chi connectivity index (χ3n) is 2.53. The van der Waals surface area contributed by atoms with Crippen LogP contribution in [0.3, 0.4) is 0 Å². The molecule has 3 N–H and O–H groups in total. The molecule has 0 aromatic rings. The fraction of sp³-hybridized carbons (Fsp3) is 0.900. The minimum Gasteiger partial charge on any atom is -0.464 e. The number of carbonyl (C=O) groups excluding carboxylic acids is 1. The summed E-state index contributed by atoms with van der Waals surface area (Å²) in [5.41, 5.74) is -1.18. The lowest BCUT2D eigenvalue weighted by molar-refractivity contribution is -0.150. The Bertz CT molecular complexity index is 242. The summed E-state index contributed by atoms with van der Waals surface area (Å²) in [4.78, 5) is 11.9. The number of ether oxygens (including phenoxy) is 1. The molecule has 0 aliphatic carbocycles. The van der Waals surface area contributed by atoms with Crippen LogP contribution in [-0.4, -0.2) is 53.0 Å². The predicted octanol–water partition coefficient (Wildman–Crippen LogP) is 1.54. The maximum atomic E-state index is 11.9. The van der Waals surface area contributed by atoms with Gasteiger partial charge >= 0.3 is 5.97 Å². The molecule has 0 heterocycles. The number of aliphatic hydroxyl groups excluding tert-OH is 3. The lowest BCUT2D eigenvalue weighted by Crippen LogP contribution is -2.40. The fourth-order valence-corrected chi connectivity index (χ4v) is 4.78. The van der Waals surface area contributed by atoms with E-state index in [0.29, 0.717) is 6.42 Å². The second kappa shape index (κ2) is 11.4. The normalized spacial score (nSPS) is 13.3. The second-order valence-electron chi connectivity index (χ2n) is 4.10. The van der Waals surface area contributed by atoms with E-state index in [0.717, 1.165) is 6.42 Å². The molecule has 1 unspecified atom stereocenters. The van der Waals surface area contributed by atoms with Crippen LogP contribution in [-0.2, 0) is 9.53 Å². The molecule has 0 amide bonds. The lowest BCUT2D eigenvalue weighted by Gasteiger charge is -2.27. The third kappa shape index (κ3) is 7.35. The molecule has 9 heteroatoms. The smallest absolute Gasteiger partial charge is 0.319 e. The molecule has 5 nitrogen and oxygen atoms in total. The van der Waals surface area contributed by atoms with Gasteiger partial charge in [0, 0.05) is 0 Å². The summed E-state index contributed by atoms with van der Waals surface area (Å²) in [5, 5.41) is 27.1. The average molecular weight is 349 g/mol. The summed E-state index contributed by atoms with van der Waals surface area (Å²) >= 11 is 3.98. The van der Waals surface area contributed by atoms with Crippen molar-refractivity contribution in [1.82, 2.24) is 0 Å². The van der Waals surface area contributed by atoms with E-state index in [4.69, 9.17) is 20.1 Å². The number of hydrogen-bond donors (Lipinski definition) is 4. The van der Waals surface area contributed by atoms with Crippen molar-refractivity contribution < 1.29 is 24.9 Å². The summed E-state index contributed by atoms with van der Waals surface area (Å²) in [6, 6.07) is 0. The highest BCUT2D eigenvalue weighted by atomic mass is 33.7. The van der Waals surface area contributed by atoms with Crippen LogP contribution in [0.15, 0.2) is 0 Å². The Morgan fingerprint density at radius 3 is 2.32 bits per heavy atom. The molecular formula is C10H20O5S4. The van der Waals surface area contributed by atoms with E-state index in [2.05, 4.69) is 11.7 Å². The number of esters is 1. The van der Waals surface area contributed by atoms with Crippen LogP contribution in [0.1, 0.15) is 19.8 Å². The molecule has 0 aliphatic rings. The average Bonchev–Trinajstić information content (AvgIpc) is 2.45. The van der Waals surface area contributed by atoms with Gasteiger partial charge in [0.2, 0.25) is 0 Å². The fourth-order valence-electron chi connectivity index (χ4n) is 1.14.